The Balaban J connectivity index is 1.65. The molecule has 7 nitrogen and oxygen atoms in total. The molecule has 9 heteroatoms. The average molecular weight is 541 g/mol. The largest absolute Gasteiger partial charge is 0.468 e. The lowest BCUT2D eigenvalue weighted by molar-refractivity contribution is -0.128. The van der Waals surface area contributed by atoms with Gasteiger partial charge in [-0.15, -0.1) is 11.8 Å². The first-order valence-electron chi connectivity index (χ1n) is 12.4. The number of benzene rings is 2. The van der Waals surface area contributed by atoms with E-state index in [1.807, 2.05) is 50.2 Å². The van der Waals surface area contributed by atoms with E-state index in [9.17, 15) is 18.8 Å². The molecule has 0 aliphatic heterocycles. The molecule has 1 heterocycles. The SMILES string of the molecule is CC(C)C[C@H](NC(=O)OCc1ccccc1)C(=O)NC(Cc1ccc(F)cc1)C(=O)CSCc1ccco1. The van der Waals surface area contributed by atoms with E-state index in [1.165, 1.54) is 23.9 Å². The second-order valence-electron chi connectivity index (χ2n) is 9.32. The van der Waals surface area contributed by atoms with Gasteiger partial charge in [0, 0.05) is 0 Å². The van der Waals surface area contributed by atoms with Crippen molar-refractivity contribution in [3.05, 3.63) is 95.7 Å². The fraction of sp³-hybridized carbons (Fsp3) is 0.345. The first kappa shape index (κ1) is 29.0. The summed E-state index contributed by atoms with van der Waals surface area (Å²) in [4.78, 5) is 38.9. The highest BCUT2D eigenvalue weighted by Gasteiger charge is 2.28. The first-order chi connectivity index (χ1) is 18.3. The number of ketones is 1. The molecule has 202 valence electrons. The number of thioether (sulfide) groups is 1. The van der Waals surface area contributed by atoms with Crippen molar-refractivity contribution in [3.63, 3.8) is 0 Å². The van der Waals surface area contributed by atoms with Crippen LogP contribution in [0.15, 0.2) is 77.4 Å². The molecule has 1 unspecified atom stereocenters. The molecule has 0 fully saturated rings. The summed E-state index contributed by atoms with van der Waals surface area (Å²) in [6.45, 7) is 3.94. The van der Waals surface area contributed by atoms with E-state index >= 15 is 0 Å². The summed E-state index contributed by atoms with van der Waals surface area (Å²) >= 11 is 1.38. The highest BCUT2D eigenvalue weighted by Crippen LogP contribution is 2.15. The molecule has 0 aliphatic carbocycles. The van der Waals surface area contributed by atoms with Crippen molar-refractivity contribution in [1.29, 1.82) is 0 Å². The third-order valence-electron chi connectivity index (χ3n) is 5.66. The molecule has 2 N–H and O–H groups in total. The number of carbonyl (C=O) groups excluding carboxylic acids is 3. The Labute approximate surface area is 226 Å². The normalized spacial score (nSPS) is 12.5. The summed E-state index contributed by atoms with van der Waals surface area (Å²) in [5.41, 5.74) is 1.53. The second-order valence-corrected chi connectivity index (χ2v) is 10.3. The van der Waals surface area contributed by atoms with Gasteiger partial charge in [-0.3, -0.25) is 9.59 Å². The van der Waals surface area contributed by atoms with Crippen molar-refractivity contribution >= 4 is 29.5 Å². The molecule has 0 spiro atoms. The van der Waals surface area contributed by atoms with Crippen LogP contribution in [0.4, 0.5) is 9.18 Å². The Morgan fingerprint density at radius 3 is 2.32 bits per heavy atom. The lowest BCUT2D eigenvalue weighted by atomic mass is 10.00. The summed E-state index contributed by atoms with van der Waals surface area (Å²) in [6.07, 6.45) is 1.41. The van der Waals surface area contributed by atoms with Crippen molar-refractivity contribution in [2.75, 3.05) is 5.75 Å². The summed E-state index contributed by atoms with van der Waals surface area (Å²) in [5.74, 6) is 0.452. The van der Waals surface area contributed by atoms with Gasteiger partial charge in [0.2, 0.25) is 5.91 Å². The number of hydrogen-bond donors (Lipinski definition) is 2. The molecule has 2 aromatic carbocycles. The molecule has 3 rings (SSSR count). The van der Waals surface area contributed by atoms with Crippen LogP contribution in [0.2, 0.25) is 0 Å². The monoisotopic (exact) mass is 540 g/mol. The van der Waals surface area contributed by atoms with E-state index in [0.29, 0.717) is 17.7 Å². The third-order valence-corrected chi connectivity index (χ3v) is 6.63. The van der Waals surface area contributed by atoms with Crippen LogP contribution >= 0.6 is 11.8 Å². The van der Waals surface area contributed by atoms with Crippen LogP contribution in [0, 0.1) is 11.7 Å². The van der Waals surface area contributed by atoms with Gasteiger partial charge in [-0.25, -0.2) is 9.18 Å². The van der Waals surface area contributed by atoms with Crippen molar-refractivity contribution in [2.45, 2.75) is 51.1 Å². The Hall–Kier alpha value is -3.59. The van der Waals surface area contributed by atoms with Gasteiger partial charge in [0.15, 0.2) is 5.78 Å². The molecule has 0 bridgehead atoms. The molecule has 0 saturated carbocycles. The molecule has 2 atom stereocenters. The molecule has 0 aliphatic rings. The van der Waals surface area contributed by atoms with E-state index in [-0.39, 0.29) is 36.3 Å². The van der Waals surface area contributed by atoms with Gasteiger partial charge in [-0.05, 0) is 54.2 Å². The Morgan fingerprint density at radius 1 is 0.921 bits per heavy atom. The predicted octanol–water partition coefficient (Wildman–Crippen LogP) is 5.29. The predicted molar refractivity (Wildman–Crippen MR) is 145 cm³/mol. The van der Waals surface area contributed by atoms with Gasteiger partial charge in [-0.2, -0.15) is 0 Å². The van der Waals surface area contributed by atoms with Crippen LogP contribution in [-0.2, 0) is 33.1 Å². The summed E-state index contributed by atoms with van der Waals surface area (Å²) in [5, 5.41) is 5.46. The molecular formula is C29H33FN2O5S. The van der Waals surface area contributed by atoms with Crippen molar-refractivity contribution in [3.8, 4) is 0 Å². The van der Waals surface area contributed by atoms with E-state index < -0.39 is 24.1 Å². The number of rotatable bonds is 14. The number of hydrogen-bond acceptors (Lipinski definition) is 6. The standard InChI is InChI=1S/C29H33FN2O5S/c1-20(2)15-26(32-29(35)37-17-22-7-4-3-5-8-22)28(34)31-25(16-21-10-12-23(30)13-11-21)27(33)19-38-18-24-9-6-14-36-24/h3-14,20,25-26H,15-19H2,1-2H3,(H,31,34)(H,32,35)/t25?,26-/m0/s1. The van der Waals surface area contributed by atoms with Crippen LogP contribution in [0.25, 0.3) is 0 Å². The minimum atomic E-state index is -0.891. The molecule has 0 saturated heterocycles. The average Bonchev–Trinajstić information content (AvgIpc) is 3.42. The molecule has 3 aromatic rings. The minimum absolute atomic E-state index is 0.0707. The highest BCUT2D eigenvalue weighted by atomic mass is 32.2. The third kappa shape index (κ3) is 10.0. The molecule has 38 heavy (non-hydrogen) atoms. The van der Waals surface area contributed by atoms with Gasteiger partial charge in [0.25, 0.3) is 0 Å². The zero-order valence-corrected chi connectivity index (χ0v) is 22.3. The van der Waals surface area contributed by atoms with Gasteiger partial charge in [0.05, 0.1) is 23.8 Å². The van der Waals surface area contributed by atoms with Crippen molar-refractivity contribution < 1.29 is 27.9 Å². The van der Waals surface area contributed by atoms with E-state index in [2.05, 4.69) is 10.6 Å². The fourth-order valence-corrected chi connectivity index (χ4v) is 4.60. The van der Waals surface area contributed by atoms with E-state index in [0.717, 1.165) is 11.3 Å². The number of ether oxygens (including phenoxy) is 1. The van der Waals surface area contributed by atoms with Crippen molar-refractivity contribution in [2.24, 2.45) is 5.92 Å². The van der Waals surface area contributed by atoms with Crippen LogP contribution in [0.1, 0.15) is 37.2 Å². The lowest BCUT2D eigenvalue weighted by Gasteiger charge is -2.24. The number of halogens is 1. The smallest absolute Gasteiger partial charge is 0.408 e. The lowest BCUT2D eigenvalue weighted by Crippen LogP contribution is -2.53. The molecule has 1 aromatic heterocycles. The highest BCUT2D eigenvalue weighted by molar-refractivity contribution is 7.99. The molecular weight excluding hydrogens is 507 g/mol. The maximum Gasteiger partial charge on any atom is 0.408 e. The topological polar surface area (TPSA) is 97.6 Å². The number of Topliss-reactive ketones (excluding diaryl/α,β-unsaturated/α-hetero) is 1. The summed E-state index contributed by atoms with van der Waals surface area (Å²) in [6, 6.07) is 16.9. The minimum Gasteiger partial charge on any atom is -0.468 e. The van der Waals surface area contributed by atoms with Gasteiger partial charge in [-0.1, -0.05) is 56.3 Å². The number of carbonyl (C=O) groups is 3. The Kier molecular flexibility index (Phi) is 11.4. The Bertz CT molecular complexity index is 1150. The number of amides is 2. The zero-order chi connectivity index (χ0) is 27.3. The number of furan rings is 1. The van der Waals surface area contributed by atoms with E-state index in [1.54, 1.807) is 24.5 Å². The van der Waals surface area contributed by atoms with Crippen LogP contribution < -0.4 is 10.6 Å². The summed E-state index contributed by atoms with van der Waals surface area (Å²) in [7, 11) is 0. The van der Waals surface area contributed by atoms with Crippen LogP contribution in [0.5, 0.6) is 0 Å². The Morgan fingerprint density at radius 2 is 1.66 bits per heavy atom. The fourth-order valence-electron chi connectivity index (χ4n) is 3.73. The van der Waals surface area contributed by atoms with Gasteiger partial charge in [0.1, 0.15) is 24.2 Å². The first-order valence-corrected chi connectivity index (χ1v) is 13.6. The number of nitrogens with one attached hydrogen (secondary N) is 2. The molecule has 0 radical (unpaired) electrons. The van der Waals surface area contributed by atoms with Gasteiger partial charge < -0.3 is 19.8 Å². The van der Waals surface area contributed by atoms with Crippen LogP contribution in [0.3, 0.4) is 0 Å². The van der Waals surface area contributed by atoms with E-state index in [4.69, 9.17) is 9.15 Å². The second kappa shape index (κ2) is 15.0. The quantitative estimate of drug-likeness (QED) is 0.288. The maximum atomic E-state index is 13.4. The maximum absolute atomic E-state index is 13.4. The van der Waals surface area contributed by atoms with Gasteiger partial charge >= 0.3 is 6.09 Å². The number of alkyl carbamates (subject to hydrolysis) is 1. The van der Waals surface area contributed by atoms with Crippen molar-refractivity contribution in [1.82, 2.24) is 10.6 Å². The van der Waals surface area contributed by atoms with Crippen LogP contribution in [-0.4, -0.2) is 35.6 Å². The zero-order valence-electron chi connectivity index (χ0n) is 21.5. The summed E-state index contributed by atoms with van der Waals surface area (Å²) < 4.78 is 24.0. The molecule has 2 amide bonds.